The van der Waals surface area contributed by atoms with Crippen molar-refractivity contribution in [1.82, 2.24) is 14.9 Å². The van der Waals surface area contributed by atoms with Gasteiger partial charge in [-0.2, -0.15) is 0 Å². The second-order valence-corrected chi connectivity index (χ2v) is 8.63. The Balaban J connectivity index is 1.59. The number of rotatable bonds is 8. The zero-order valence-corrected chi connectivity index (χ0v) is 20.4. The van der Waals surface area contributed by atoms with Gasteiger partial charge in [-0.05, 0) is 61.7 Å². The van der Waals surface area contributed by atoms with Crippen LogP contribution in [0.3, 0.4) is 0 Å². The topological polar surface area (TPSA) is 65.4 Å². The number of nitrogens with one attached hydrogen (secondary N) is 1. The molecule has 1 atom stereocenters. The lowest BCUT2D eigenvalue weighted by Crippen LogP contribution is -2.30. The van der Waals surface area contributed by atoms with Crippen LogP contribution in [0.15, 0.2) is 60.7 Å². The second kappa shape index (κ2) is 10.00. The summed E-state index contributed by atoms with van der Waals surface area (Å²) in [7, 11) is 3.18. The first-order chi connectivity index (χ1) is 16.4. The number of para-hydroxylation sites is 2. The molecule has 0 spiro atoms. The first kappa shape index (κ1) is 23.4. The molecule has 6 nitrogen and oxygen atoms in total. The van der Waals surface area contributed by atoms with Crippen LogP contribution in [-0.2, 0) is 17.8 Å². The number of imidazole rings is 1. The molecule has 1 unspecified atom stereocenters. The van der Waals surface area contributed by atoms with E-state index in [1.54, 1.807) is 14.2 Å². The second-order valence-electron chi connectivity index (χ2n) is 8.63. The molecule has 1 N–H and O–H groups in total. The molecule has 176 valence electrons. The van der Waals surface area contributed by atoms with E-state index < -0.39 is 0 Å². The van der Waals surface area contributed by atoms with E-state index in [2.05, 4.69) is 48.0 Å². The van der Waals surface area contributed by atoms with E-state index >= 15 is 0 Å². The van der Waals surface area contributed by atoms with Gasteiger partial charge in [-0.25, -0.2) is 4.98 Å². The van der Waals surface area contributed by atoms with Crippen molar-refractivity contribution < 1.29 is 14.3 Å². The Kier molecular flexibility index (Phi) is 6.87. The smallest absolute Gasteiger partial charge is 0.224 e. The number of benzene rings is 3. The molecule has 34 heavy (non-hydrogen) atoms. The number of fused-ring (bicyclic) bond motifs is 1. The minimum Gasteiger partial charge on any atom is -0.493 e. The van der Waals surface area contributed by atoms with Crippen molar-refractivity contribution >= 4 is 16.9 Å². The van der Waals surface area contributed by atoms with Gasteiger partial charge < -0.3 is 19.4 Å². The molecule has 0 saturated carbocycles. The largest absolute Gasteiger partial charge is 0.493 e. The van der Waals surface area contributed by atoms with E-state index in [-0.39, 0.29) is 18.4 Å². The molecule has 6 heteroatoms. The van der Waals surface area contributed by atoms with Crippen molar-refractivity contribution in [3.63, 3.8) is 0 Å². The van der Waals surface area contributed by atoms with Crippen LogP contribution < -0.4 is 14.8 Å². The summed E-state index contributed by atoms with van der Waals surface area (Å²) in [6.07, 6.45) is 0.238. The SMILES string of the molecule is COc1ccc(CC(=O)NC(C)c2nc3ccccc3n2Cc2cc(C)ccc2C)cc1OC. The minimum absolute atomic E-state index is 0.0786. The molecule has 1 aromatic heterocycles. The van der Waals surface area contributed by atoms with E-state index in [0.717, 1.165) is 22.4 Å². The summed E-state index contributed by atoms with van der Waals surface area (Å²) in [6.45, 7) is 6.90. The van der Waals surface area contributed by atoms with Crippen molar-refractivity contribution in [1.29, 1.82) is 0 Å². The van der Waals surface area contributed by atoms with E-state index in [0.29, 0.717) is 18.0 Å². The third-order valence-corrected chi connectivity index (χ3v) is 6.09. The summed E-state index contributed by atoms with van der Waals surface area (Å²) < 4.78 is 12.9. The molecule has 0 fully saturated rings. The lowest BCUT2D eigenvalue weighted by Gasteiger charge is -2.18. The number of methoxy groups -OCH3 is 2. The van der Waals surface area contributed by atoms with Crippen LogP contribution >= 0.6 is 0 Å². The third-order valence-electron chi connectivity index (χ3n) is 6.09. The van der Waals surface area contributed by atoms with Crippen LogP contribution in [0.4, 0.5) is 0 Å². The van der Waals surface area contributed by atoms with Gasteiger partial charge in [0.1, 0.15) is 5.82 Å². The maximum atomic E-state index is 12.9. The molecular formula is C28H31N3O3. The summed E-state index contributed by atoms with van der Waals surface area (Å²) in [5.41, 5.74) is 6.53. The number of carbonyl (C=O) groups is 1. The lowest BCUT2D eigenvalue weighted by molar-refractivity contribution is -0.121. The van der Waals surface area contributed by atoms with Crippen LogP contribution in [0.25, 0.3) is 11.0 Å². The molecule has 0 aliphatic carbocycles. The average Bonchev–Trinajstić information content (AvgIpc) is 3.19. The number of nitrogens with zero attached hydrogens (tertiary/aromatic N) is 2. The summed E-state index contributed by atoms with van der Waals surface area (Å²) in [6, 6.07) is 19.9. The Bertz CT molecular complexity index is 1330. The Morgan fingerprint density at radius 1 is 1.00 bits per heavy atom. The summed E-state index contributed by atoms with van der Waals surface area (Å²) in [5, 5.41) is 3.13. The number of amides is 1. The zero-order valence-electron chi connectivity index (χ0n) is 20.4. The van der Waals surface area contributed by atoms with Crippen molar-refractivity contribution in [3.8, 4) is 11.5 Å². The molecule has 0 radical (unpaired) electrons. The predicted octanol–water partition coefficient (Wildman–Crippen LogP) is 5.14. The highest BCUT2D eigenvalue weighted by molar-refractivity contribution is 5.80. The van der Waals surface area contributed by atoms with Crippen LogP contribution in [0, 0.1) is 13.8 Å². The van der Waals surface area contributed by atoms with Crippen molar-refractivity contribution in [2.45, 2.75) is 39.8 Å². The van der Waals surface area contributed by atoms with Crippen molar-refractivity contribution in [2.24, 2.45) is 0 Å². The average molecular weight is 458 g/mol. The Morgan fingerprint density at radius 2 is 1.76 bits per heavy atom. The van der Waals surface area contributed by atoms with Gasteiger partial charge in [-0.15, -0.1) is 0 Å². The van der Waals surface area contributed by atoms with E-state index in [1.165, 1.54) is 16.7 Å². The third kappa shape index (κ3) is 4.91. The molecule has 4 rings (SSSR count). The number of ether oxygens (including phenoxy) is 2. The minimum atomic E-state index is -0.259. The Hall–Kier alpha value is -3.80. The van der Waals surface area contributed by atoms with Gasteiger partial charge in [0.2, 0.25) is 5.91 Å². The zero-order chi connectivity index (χ0) is 24.2. The summed E-state index contributed by atoms with van der Waals surface area (Å²) in [5.74, 6) is 2.00. The molecule has 4 aromatic rings. The normalized spacial score (nSPS) is 11.9. The van der Waals surface area contributed by atoms with E-state index in [1.807, 2.05) is 43.3 Å². The first-order valence-electron chi connectivity index (χ1n) is 11.4. The highest BCUT2D eigenvalue weighted by Crippen LogP contribution is 2.28. The van der Waals surface area contributed by atoms with Gasteiger partial charge in [0.05, 0.1) is 37.7 Å². The van der Waals surface area contributed by atoms with Gasteiger partial charge in [-0.1, -0.05) is 42.0 Å². The van der Waals surface area contributed by atoms with Gasteiger partial charge in [0.25, 0.3) is 0 Å². The van der Waals surface area contributed by atoms with Gasteiger partial charge in [0, 0.05) is 6.54 Å². The summed E-state index contributed by atoms with van der Waals surface area (Å²) in [4.78, 5) is 17.8. The molecule has 0 aliphatic rings. The number of carbonyl (C=O) groups excluding carboxylic acids is 1. The van der Waals surface area contributed by atoms with Gasteiger partial charge in [0.15, 0.2) is 11.5 Å². The molecule has 1 heterocycles. The summed E-state index contributed by atoms with van der Waals surface area (Å²) >= 11 is 0. The highest BCUT2D eigenvalue weighted by Gasteiger charge is 2.19. The van der Waals surface area contributed by atoms with Crippen LogP contribution in [0.2, 0.25) is 0 Å². The Morgan fingerprint density at radius 3 is 2.53 bits per heavy atom. The fourth-order valence-corrected chi connectivity index (χ4v) is 4.26. The monoisotopic (exact) mass is 457 g/mol. The fourth-order valence-electron chi connectivity index (χ4n) is 4.26. The Labute approximate surface area is 200 Å². The molecule has 3 aromatic carbocycles. The highest BCUT2D eigenvalue weighted by atomic mass is 16.5. The number of hydrogen-bond donors (Lipinski definition) is 1. The van der Waals surface area contributed by atoms with Gasteiger partial charge in [-0.3, -0.25) is 4.79 Å². The predicted molar refractivity (Wildman–Crippen MR) is 135 cm³/mol. The standard InChI is InChI=1S/C28H31N3O3/c1-18-10-11-19(2)22(14-18)17-31-24-9-7-6-8-23(24)30-28(31)20(3)29-27(32)16-21-12-13-25(33-4)26(15-21)34-5/h6-15,20H,16-17H2,1-5H3,(H,29,32). The fraction of sp³-hybridized carbons (Fsp3) is 0.286. The van der Waals surface area contributed by atoms with E-state index in [4.69, 9.17) is 14.5 Å². The molecular weight excluding hydrogens is 426 g/mol. The van der Waals surface area contributed by atoms with Crippen LogP contribution in [0.5, 0.6) is 11.5 Å². The lowest BCUT2D eigenvalue weighted by atomic mass is 10.1. The van der Waals surface area contributed by atoms with Crippen LogP contribution in [-0.4, -0.2) is 29.7 Å². The molecule has 0 bridgehead atoms. The van der Waals surface area contributed by atoms with Crippen molar-refractivity contribution in [3.05, 3.63) is 88.7 Å². The molecule has 0 saturated heterocycles. The number of hydrogen-bond acceptors (Lipinski definition) is 4. The first-order valence-corrected chi connectivity index (χ1v) is 11.4. The number of aryl methyl sites for hydroxylation is 2. The molecule has 1 amide bonds. The van der Waals surface area contributed by atoms with Gasteiger partial charge >= 0.3 is 0 Å². The maximum Gasteiger partial charge on any atom is 0.224 e. The molecule has 0 aliphatic heterocycles. The van der Waals surface area contributed by atoms with E-state index in [9.17, 15) is 4.79 Å². The quantitative estimate of drug-likeness (QED) is 0.398. The van der Waals surface area contributed by atoms with Crippen molar-refractivity contribution in [2.75, 3.05) is 14.2 Å². The maximum absolute atomic E-state index is 12.9. The van der Waals surface area contributed by atoms with Crippen LogP contribution in [0.1, 0.15) is 41.0 Å². The number of aromatic nitrogens is 2.